The maximum absolute atomic E-state index is 11.6. The van der Waals surface area contributed by atoms with Crippen molar-refractivity contribution < 1.29 is 9.63 Å². The minimum absolute atomic E-state index is 0.137. The number of hydrogen-bond donors (Lipinski definition) is 1. The van der Waals surface area contributed by atoms with E-state index in [1.54, 1.807) is 38.8 Å². The van der Waals surface area contributed by atoms with Crippen LogP contribution in [0.2, 0.25) is 0 Å². The summed E-state index contributed by atoms with van der Waals surface area (Å²) < 4.78 is 1.52. The lowest BCUT2D eigenvalue weighted by Gasteiger charge is -1.99. The third-order valence-corrected chi connectivity index (χ3v) is 2.24. The number of amides is 1. The minimum atomic E-state index is -0.137. The van der Waals surface area contributed by atoms with Gasteiger partial charge in [-0.25, -0.2) is 0 Å². The Kier molecular flexibility index (Phi) is 2.29. The Labute approximate surface area is 86.6 Å². The maximum atomic E-state index is 11.6. The molecule has 0 spiro atoms. The molecule has 15 heavy (non-hydrogen) atoms. The number of aromatic nitrogens is 2. The Bertz CT molecular complexity index is 504. The van der Waals surface area contributed by atoms with E-state index < -0.39 is 0 Å². The Hall–Kier alpha value is -2.04. The molecule has 0 fully saturated rings. The summed E-state index contributed by atoms with van der Waals surface area (Å²) in [6.07, 6.45) is 4.95. The molecule has 0 aromatic carbocycles. The van der Waals surface area contributed by atoms with Crippen LogP contribution in [0.15, 0.2) is 24.7 Å². The van der Waals surface area contributed by atoms with Crippen molar-refractivity contribution in [2.45, 2.75) is 0 Å². The lowest BCUT2D eigenvalue weighted by molar-refractivity contribution is 0.0962. The molecular formula is C10H11N3O2. The van der Waals surface area contributed by atoms with Gasteiger partial charge in [0.15, 0.2) is 0 Å². The van der Waals surface area contributed by atoms with Crippen molar-refractivity contribution in [1.82, 2.24) is 15.0 Å². The van der Waals surface area contributed by atoms with Gasteiger partial charge in [0.25, 0.3) is 5.91 Å². The van der Waals surface area contributed by atoms with E-state index in [9.17, 15) is 4.79 Å². The fourth-order valence-electron chi connectivity index (χ4n) is 1.51. The fraction of sp³-hybridized carbons (Fsp3) is 0.200. The van der Waals surface area contributed by atoms with Gasteiger partial charge in [-0.2, -0.15) is 4.73 Å². The predicted octanol–water partition coefficient (Wildman–Crippen LogP) is 0.454. The first-order valence-corrected chi connectivity index (χ1v) is 4.49. The number of carbonyl (C=O) groups is 1. The number of carbonyl (C=O) groups excluding carboxylic acids is 1. The Balaban J connectivity index is 2.70. The number of rotatable bonds is 2. The Morgan fingerprint density at radius 3 is 3.07 bits per heavy atom. The number of pyridine rings is 1. The molecule has 2 heterocycles. The predicted molar refractivity (Wildman–Crippen MR) is 55.6 cm³/mol. The number of nitrogens with zero attached hydrogens (tertiary/aromatic N) is 2. The molecule has 0 aliphatic rings. The van der Waals surface area contributed by atoms with Gasteiger partial charge in [-0.3, -0.25) is 9.78 Å². The van der Waals surface area contributed by atoms with Crippen molar-refractivity contribution >= 4 is 16.8 Å². The van der Waals surface area contributed by atoms with Crippen molar-refractivity contribution in [2.24, 2.45) is 0 Å². The van der Waals surface area contributed by atoms with Crippen molar-refractivity contribution in [3.63, 3.8) is 0 Å². The van der Waals surface area contributed by atoms with Gasteiger partial charge in [-0.05, 0) is 6.07 Å². The molecule has 0 aliphatic carbocycles. The molecule has 2 aromatic heterocycles. The molecule has 0 saturated heterocycles. The van der Waals surface area contributed by atoms with E-state index in [0.717, 1.165) is 10.9 Å². The molecule has 1 amide bonds. The van der Waals surface area contributed by atoms with Gasteiger partial charge in [0, 0.05) is 18.6 Å². The Morgan fingerprint density at radius 1 is 1.60 bits per heavy atom. The molecule has 0 bridgehead atoms. The van der Waals surface area contributed by atoms with Crippen molar-refractivity contribution in [3.05, 3.63) is 30.2 Å². The average molecular weight is 205 g/mol. The highest BCUT2D eigenvalue weighted by Crippen LogP contribution is 2.18. The van der Waals surface area contributed by atoms with E-state index in [-0.39, 0.29) is 5.91 Å². The zero-order chi connectivity index (χ0) is 10.8. The van der Waals surface area contributed by atoms with E-state index in [1.807, 2.05) is 0 Å². The second-order valence-corrected chi connectivity index (χ2v) is 3.02. The van der Waals surface area contributed by atoms with Gasteiger partial charge < -0.3 is 10.2 Å². The molecule has 5 nitrogen and oxygen atoms in total. The Morgan fingerprint density at radius 2 is 2.40 bits per heavy atom. The second-order valence-electron chi connectivity index (χ2n) is 3.02. The fourth-order valence-corrected chi connectivity index (χ4v) is 1.51. The average Bonchev–Trinajstić information content (AvgIpc) is 2.67. The lowest BCUT2D eigenvalue weighted by atomic mass is 10.2. The highest BCUT2D eigenvalue weighted by molar-refractivity contribution is 6.06. The molecule has 0 atom stereocenters. The first-order valence-electron chi connectivity index (χ1n) is 4.49. The van der Waals surface area contributed by atoms with Crippen molar-refractivity contribution in [1.29, 1.82) is 0 Å². The quantitative estimate of drug-likeness (QED) is 0.774. The van der Waals surface area contributed by atoms with Crippen LogP contribution in [0.1, 0.15) is 10.4 Å². The van der Waals surface area contributed by atoms with E-state index >= 15 is 0 Å². The van der Waals surface area contributed by atoms with Crippen molar-refractivity contribution in [2.75, 3.05) is 14.2 Å². The smallest absolute Gasteiger partial charge is 0.253 e. The van der Waals surface area contributed by atoms with Crippen LogP contribution in [0, 0.1) is 0 Å². The summed E-state index contributed by atoms with van der Waals surface area (Å²) in [5, 5.41) is 3.41. The molecule has 0 saturated carbocycles. The largest absolute Gasteiger partial charge is 0.417 e. The van der Waals surface area contributed by atoms with E-state index in [0.29, 0.717) is 5.56 Å². The zero-order valence-electron chi connectivity index (χ0n) is 8.52. The summed E-state index contributed by atoms with van der Waals surface area (Å²) in [5.74, 6) is -0.137. The van der Waals surface area contributed by atoms with Gasteiger partial charge in [0.05, 0.1) is 18.0 Å². The van der Waals surface area contributed by atoms with E-state index in [4.69, 9.17) is 4.84 Å². The first kappa shape index (κ1) is 9.51. The van der Waals surface area contributed by atoms with Crippen LogP contribution >= 0.6 is 0 Å². The van der Waals surface area contributed by atoms with Crippen LogP contribution in [0.4, 0.5) is 0 Å². The lowest BCUT2D eigenvalue weighted by Crippen LogP contribution is -2.17. The molecule has 2 aromatic rings. The highest BCUT2D eigenvalue weighted by atomic mass is 16.6. The summed E-state index contributed by atoms with van der Waals surface area (Å²) in [4.78, 5) is 20.6. The van der Waals surface area contributed by atoms with Crippen LogP contribution in [-0.2, 0) is 0 Å². The highest BCUT2D eigenvalue weighted by Gasteiger charge is 2.13. The summed E-state index contributed by atoms with van der Waals surface area (Å²) in [5.41, 5.74) is 1.36. The van der Waals surface area contributed by atoms with E-state index in [1.165, 1.54) is 4.73 Å². The van der Waals surface area contributed by atoms with Crippen LogP contribution in [0.5, 0.6) is 0 Å². The van der Waals surface area contributed by atoms with Gasteiger partial charge in [0.1, 0.15) is 12.6 Å². The minimum Gasteiger partial charge on any atom is -0.417 e. The second kappa shape index (κ2) is 3.61. The molecule has 0 aliphatic heterocycles. The van der Waals surface area contributed by atoms with Crippen molar-refractivity contribution in [3.8, 4) is 0 Å². The molecule has 0 unspecified atom stereocenters. The van der Waals surface area contributed by atoms with Crippen LogP contribution in [0.25, 0.3) is 10.9 Å². The molecule has 1 N–H and O–H groups in total. The summed E-state index contributed by atoms with van der Waals surface area (Å²) >= 11 is 0. The third-order valence-electron chi connectivity index (χ3n) is 2.24. The number of nitrogens with one attached hydrogen (secondary N) is 1. The van der Waals surface area contributed by atoms with E-state index in [2.05, 4.69) is 10.3 Å². The van der Waals surface area contributed by atoms with Crippen LogP contribution < -0.4 is 10.2 Å². The first-order chi connectivity index (χ1) is 7.27. The molecular weight excluding hydrogens is 194 g/mol. The van der Waals surface area contributed by atoms with Crippen LogP contribution in [0.3, 0.4) is 0 Å². The van der Waals surface area contributed by atoms with Crippen LogP contribution in [-0.4, -0.2) is 29.8 Å². The molecule has 78 valence electrons. The topological polar surface area (TPSA) is 56.2 Å². The molecule has 5 heteroatoms. The molecule has 2 rings (SSSR count). The molecule has 0 radical (unpaired) electrons. The SMILES string of the molecule is CNC(=O)c1cn(OC)c2cnccc12. The number of fused-ring (bicyclic) bond motifs is 1. The normalized spacial score (nSPS) is 10.3. The van der Waals surface area contributed by atoms with Gasteiger partial charge in [-0.15, -0.1) is 0 Å². The summed E-state index contributed by atoms with van der Waals surface area (Å²) in [6.45, 7) is 0. The maximum Gasteiger partial charge on any atom is 0.253 e. The number of hydrogen-bond acceptors (Lipinski definition) is 3. The third kappa shape index (κ3) is 1.41. The van der Waals surface area contributed by atoms with Gasteiger partial charge >= 0.3 is 0 Å². The standard InChI is InChI=1S/C10H11N3O2/c1-11-10(14)8-6-13(15-2)9-5-12-4-3-7(8)9/h3-6H,1-2H3,(H,11,14). The monoisotopic (exact) mass is 205 g/mol. The zero-order valence-corrected chi connectivity index (χ0v) is 8.52. The van der Waals surface area contributed by atoms with Gasteiger partial charge in [-0.1, -0.05) is 0 Å². The summed E-state index contributed by atoms with van der Waals surface area (Å²) in [7, 11) is 3.14. The summed E-state index contributed by atoms with van der Waals surface area (Å²) in [6, 6.07) is 1.79. The van der Waals surface area contributed by atoms with Gasteiger partial charge in [0.2, 0.25) is 0 Å².